The van der Waals surface area contributed by atoms with E-state index in [-0.39, 0.29) is 22.0 Å². The molecule has 0 radical (unpaired) electrons. The zero-order chi connectivity index (χ0) is 23.1. The summed E-state index contributed by atoms with van der Waals surface area (Å²) in [5.41, 5.74) is 1.36. The Balaban J connectivity index is 1.75. The number of sulfonamides is 1. The first-order valence-electron chi connectivity index (χ1n) is 9.78. The van der Waals surface area contributed by atoms with Crippen LogP contribution in [0.1, 0.15) is 22.8 Å². The van der Waals surface area contributed by atoms with Crippen molar-refractivity contribution in [3.8, 4) is 11.5 Å². The fraction of sp³-hybridized carbons (Fsp3) is 0.174. The third-order valence-corrected chi connectivity index (χ3v) is 6.35. The van der Waals surface area contributed by atoms with Gasteiger partial charge in [0.15, 0.2) is 0 Å². The highest BCUT2D eigenvalue weighted by Crippen LogP contribution is 2.26. The van der Waals surface area contributed by atoms with Crippen LogP contribution in [0, 0.1) is 0 Å². The van der Waals surface area contributed by atoms with Gasteiger partial charge in [0.25, 0.3) is 15.9 Å². The number of nitrogens with one attached hydrogen (secondary N) is 2. The van der Waals surface area contributed by atoms with Crippen molar-refractivity contribution in [2.45, 2.75) is 18.4 Å². The van der Waals surface area contributed by atoms with E-state index in [9.17, 15) is 13.2 Å². The van der Waals surface area contributed by atoms with Crippen LogP contribution in [0.2, 0.25) is 5.02 Å². The van der Waals surface area contributed by atoms with Gasteiger partial charge in [-0.15, -0.1) is 0 Å². The average Bonchev–Trinajstić information content (AvgIpc) is 2.79. The molecule has 3 rings (SSSR count). The normalized spacial score (nSPS) is 11.0. The van der Waals surface area contributed by atoms with Crippen LogP contribution >= 0.6 is 11.6 Å². The van der Waals surface area contributed by atoms with Crippen molar-refractivity contribution >= 4 is 33.2 Å². The van der Waals surface area contributed by atoms with Crippen molar-refractivity contribution < 1.29 is 22.7 Å². The number of rotatable bonds is 9. The minimum Gasteiger partial charge on any atom is -0.497 e. The number of halogens is 1. The van der Waals surface area contributed by atoms with Crippen molar-refractivity contribution in [3.63, 3.8) is 0 Å². The summed E-state index contributed by atoms with van der Waals surface area (Å²) in [5.74, 6) is 0.877. The number of carbonyl (C=O) groups is 1. The molecule has 0 spiro atoms. The highest BCUT2D eigenvalue weighted by atomic mass is 35.5. The van der Waals surface area contributed by atoms with E-state index in [0.717, 1.165) is 5.56 Å². The van der Waals surface area contributed by atoms with Gasteiger partial charge in [0, 0.05) is 17.8 Å². The molecule has 0 atom stereocenters. The molecular weight excluding hydrogens is 452 g/mol. The maximum Gasteiger partial charge on any atom is 0.263 e. The second kappa shape index (κ2) is 10.4. The average molecular weight is 475 g/mol. The summed E-state index contributed by atoms with van der Waals surface area (Å²) in [7, 11) is -2.46. The molecule has 0 aliphatic heterocycles. The lowest BCUT2D eigenvalue weighted by molar-refractivity contribution is 0.0950. The lowest BCUT2D eigenvalue weighted by Crippen LogP contribution is -2.23. The number of hydrogen-bond donors (Lipinski definition) is 2. The molecule has 0 aliphatic carbocycles. The van der Waals surface area contributed by atoms with E-state index < -0.39 is 15.9 Å². The third-order valence-electron chi connectivity index (χ3n) is 4.49. The molecule has 9 heteroatoms. The molecule has 168 valence electrons. The number of ether oxygens (including phenoxy) is 2. The SMILES string of the molecule is CCOc1ccc(NS(=O)(=O)c2cc(C(=O)NCc3cccc(OC)c3)ccc2Cl)cc1. The van der Waals surface area contributed by atoms with Crippen molar-refractivity contribution in [2.75, 3.05) is 18.4 Å². The molecule has 2 N–H and O–H groups in total. The van der Waals surface area contributed by atoms with E-state index in [4.69, 9.17) is 21.1 Å². The molecule has 0 saturated heterocycles. The van der Waals surface area contributed by atoms with Crippen molar-refractivity contribution in [2.24, 2.45) is 0 Å². The number of benzene rings is 3. The molecular formula is C23H23ClN2O5S. The van der Waals surface area contributed by atoms with Crippen LogP contribution in [-0.4, -0.2) is 28.0 Å². The quantitative estimate of drug-likeness (QED) is 0.477. The Bertz CT molecular complexity index is 1200. The summed E-state index contributed by atoms with van der Waals surface area (Å²) in [6.07, 6.45) is 0. The van der Waals surface area contributed by atoms with E-state index >= 15 is 0 Å². The van der Waals surface area contributed by atoms with Gasteiger partial charge >= 0.3 is 0 Å². The van der Waals surface area contributed by atoms with Crippen LogP contribution in [0.4, 0.5) is 5.69 Å². The summed E-state index contributed by atoms with van der Waals surface area (Å²) in [6.45, 7) is 2.62. The second-order valence-corrected chi connectivity index (χ2v) is 8.80. The highest BCUT2D eigenvalue weighted by Gasteiger charge is 2.20. The maximum atomic E-state index is 12.9. The van der Waals surface area contributed by atoms with Crippen LogP contribution in [-0.2, 0) is 16.6 Å². The van der Waals surface area contributed by atoms with Crippen LogP contribution < -0.4 is 19.5 Å². The molecule has 3 aromatic rings. The Morgan fingerprint density at radius 2 is 1.75 bits per heavy atom. The van der Waals surface area contributed by atoms with E-state index in [2.05, 4.69) is 10.0 Å². The van der Waals surface area contributed by atoms with Crippen LogP contribution in [0.3, 0.4) is 0 Å². The Kier molecular flexibility index (Phi) is 7.61. The fourth-order valence-corrected chi connectivity index (χ4v) is 4.50. The number of anilines is 1. The number of methoxy groups -OCH3 is 1. The monoisotopic (exact) mass is 474 g/mol. The van der Waals surface area contributed by atoms with Crippen molar-refractivity contribution in [1.82, 2.24) is 5.32 Å². The van der Waals surface area contributed by atoms with Gasteiger partial charge in [0.1, 0.15) is 16.4 Å². The molecule has 0 fully saturated rings. The van der Waals surface area contributed by atoms with E-state index in [1.165, 1.54) is 18.2 Å². The van der Waals surface area contributed by atoms with E-state index in [0.29, 0.717) is 23.8 Å². The molecule has 32 heavy (non-hydrogen) atoms. The predicted molar refractivity (Wildman–Crippen MR) is 124 cm³/mol. The van der Waals surface area contributed by atoms with Gasteiger partial charge in [0.2, 0.25) is 0 Å². The fourth-order valence-electron chi connectivity index (χ4n) is 2.91. The minimum atomic E-state index is -4.02. The Hall–Kier alpha value is -3.23. The van der Waals surface area contributed by atoms with Gasteiger partial charge in [-0.1, -0.05) is 23.7 Å². The van der Waals surface area contributed by atoms with Gasteiger partial charge in [0.05, 0.1) is 18.7 Å². The highest BCUT2D eigenvalue weighted by molar-refractivity contribution is 7.92. The standard InChI is InChI=1S/C23H23ClN2O5S/c1-3-31-19-10-8-18(9-11-19)26-32(28,29)22-14-17(7-12-21(22)24)23(27)25-15-16-5-4-6-20(13-16)30-2/h4-14,26H,3,15H2,1-2H3,(H,25,27). The van der Waals surface area contributed by atoms with Crippen LogP contribution in [0.5, 0.6) is 11.5 Å². The van der Waals surface area contributed by atoms with Crippen LogP contribution in [0.25, 0.3) is 0 Å². The number of carbonyl (C=O) groups excluding carboxylic acids is 1. The zero-order valence-electron chi connectivity index (χ0n) is 17.6. The van der Waals surface area contributed by atoms with Gasteiger partial charge in [-0.3, -0.25) is 9.52 Å². The molecule has 0 bridgehead atoms. The largest absolute Gasteiger partial charge is 0.497 e. The molecule has 0 aromatic heterocycles. The van der Waals surface area contributed by atoms with Crippen molar-refractivity contribution in [3.05, 3.63) is 82.9 Å². The predicted octanol–water partition coefficient (Wildman–Crippen LogP) is 4.48. The number of hydrogen-bond acceptors (Lipinski definition) is 5. The molecule has 0 unspecified atom stereocenters. The summed E-state index contributed by atoms with van der Waals surface area (Å²) >= 11 is 6.14. The van der Waals surface area contributed by atoms with Gasteiger partial charge < -0.3 is 14.8 Å². The third kappa shape index (κ3) is 5.93. The first-order chi connectivity index (χ1) is 15.3. The molecule has 0 saturated carbocycles. The zero-order valence-corrected chi connectivity index (χ0v) is 19.2. The van der Waals surface area contributed by atoms with Gasteiger partial charge in [-0.2, -0.15) is 0 Å². The van der Waals surface area contributed by atoms with E-state index in [1.54, 1.807) is 43.5 Å². The second-order valence-electron chi connectivity index (χ2n) is 6.74. The van der Waals surface area contributed by atoms with Crippen molar-refractivity contribution in [1.29, 1.82) is 0 Å². The molecule has 1 amide bonds. The first-order valence-corrected chi connectivity index (χ1v) is 11.6. The maximum absolute atomic E-state index is 12.9. The lowest BCUT2D eigenvalue weighted by atomic mass is 10.2. The Morgan fingerprint density at radius 1 is 1.00 bits per heavy atom. The summed E-state index contributed by atoms with van der Waals surface area (Å²) in [6, 6.07) is 17.9. The Labute approximate surface area is 192 Å². The molecule has 0 heterocycles. The molecule has 7 nitrogen and oxygen atoms in total. The lowest BCUT2D eigenvalue weighted by Gasteiger charge is -2.12. The topological polar surface area (TPSA) is 93.7 Å². The summed E-state index contributed by atoms with van der Waals surface area (Å²) < 4.78 is 38.8. The van der Waals surface area contributed by atoms with Gasteiger partial charge in [-0.25, -0.2) is 8.42 Å². The molecule has 0 aliphatic rings. The summed E-state index contributed by atoms with van der Waals surface area (Å²) in [5, 5.41) is 2.77. The minimum absolute atomic E-state index is 0.00721. The van der Waals surface area contributed by atoms with Gasteiger partial charge in [-0.05, 0) is 67.1 Å². The van der Waals surface area contributed by atoms with E-state index in [1.807, 2.05) is 19.1 Å². The Morgan fingerprint density at radius 3 is 2.44 bits per heavy atom. The smallest absolute Gasteiger partial charge is 0.263 e. The number of amides is 1. The summed E-state index contributed by atoms with van der Waals surface area (Å²) in [4.78, 5) is 12.4. The first kappa shape index (κ1) is 23.4. The van der Waals surface area contributed by atoms with Crippen LogP contribution in [0.15, 0.2) is 71.6 Å². The molecule has 3 aromatic carbocycles.